The van der Waals surface area contributed by atoms with Crippen LogP contribution in [-0.2, 0) is 36.9 Å². The van der Waals surface area contributed by atoms with Crippen molar-refractivity contribution in [1.82, 2.24) is 20.0 Å². The lowest BCUT2D eigenvalue weighted by molar-refractivity contribution is -0.138. The van der Waals surface area contributed by atoms with Crippen molar-refractivity contribution in [2.75, 3.05) is 52.5 Å². The molecule has 324 valence electrons. The number of amides is 1. The fraction of sp³-hybridized carbons (Fsp3) is 0.667. The Hall–Kier alpha value is -3.29. The molecule has 0 bridgehead atoms. The second kappa shape index (κ2) is 18.4. The molecule has 2 saturated carbocycles. The van der Waals surface area contributed by atoms with E-state index in [0.717, 1.165) is 113 Å². The van der Waals surface area contributed by atoms with E-state index in [4.69, 9.17) is 46.9 Å². The van der Waals surface area contributed by atoms with E-state index in [1.165, 1.54) is 25.7 Å². The van der Waals surface area contributed by atoms with Gasteiger partial charge in [0.25, 0.3) is 12.9 Å². The second-order valence-corrected chi connectivity index (χ2v) is 19.5. The van der Waals surface area contributed by atoms with Crippen molar-refractivity contribution in [3.63, 3.8) is 0 Å². The van der Waals surface area contributed by atoms with Crippen LogP contribution in [0, 0.1) is 0 Å². The third-order valence-corrected chi connectivity index (χ3v) is 13.8. The number of nitrogens with zero attached hydrogens (tertiary/aromatic N) is 3. The number of likely N-dealkylation sites (tertiary alicyclic amines) is 3. The van der Waals surface area contributed by atoms with Crippen LogP contribution in [0.1, 0.15) is 109 Å². The Kier molecular flexibility index (Phi) is 13.6. The van der Waals surface area contributed by atoms with Gasteiger partial charge in [-0.2, -0.15) is 0 Å². The molecule has 0 aromatic heterocycles. The highest BCUT2D eigenvalue weighted by Crippen LogP contribution is 2.44. The van der Waals surface area contributed by atoms with Crippen LogP contribution in [0.25, 0.3) is 0 Å². The van der Waals surface area contributed by atoms with Gasteiger partial charge in [-0.15, -0.1) is 0 Å². The second-order valence-electron chi connectivity index (χ2n) is 18.6. The Labute approximate surface area is 359 Å². The minimum atomic E-state index is -0.481. The SMILES string of the molecule is CC(C)(C)OC(=O)N1CCC2(CCCN2Cc2ccc(Cl)cc2OCC2(OC=O)CC2)CC1.O=COC1(COc2cc(Cl)ccc2CN2CCCC23CCNCC3)CC1. The molecule has 0 unspecified atom stereocenters. The molecule has 1 amide bonds. The summed E-state index contributed by atoms with van der Waals surface area (Å²) in [6, 6.07) is 11.7. The Balaban J connectivity index is 0.000000184. The molecule has 4 heterocycles. The highest BCUT2D eigenvalue weighted by atomic mass is 35.5. The van der Waals surface area contributed by atoms with Crippen LogP contribution < -0.4 is 14.8 Å². The first-order valence-corrected chi connectivity index (χ1v) is 22.3. The molecule has 59 heavy (non-hydrogen) atoms. The van der Waals surface area contributed by atoms with E-state index in [9.17, 15) is 14.4 Å². The number of rotatable bonds is 14. The zero-order valence-electron chi connectivity index (χ0n) is 35.0. The van der Waals surface area contributed by atoms with Crippen LogP contribution in [0.15, 0.2) is 36.4 Å². The van der Waals surface area contributed by atoms with Crippen molar-refractivity contribution in [2.24, 2.45) is 0 Å². The number of hydrogen-bond donors (Lipinski definition) is 1. The van der Waals surface area contributed by atoms with Crippen LogP contribution >= 0.6 is 23.2 Å². The van der Waals surface area contributed by atoms with E-state index >= 15 is 0 Å². The van der Waals surface area contributed by atoms with Crippen LogP contribution in [0.5, 0.6) is 11.5 Å². The van der Waals surface area contributed by atoms with Crippen LogP contribution in [-0.4, -0.2) is 114 Å². The molecule has 4 saturated heterocycles. The van der Waals surface area contributed by atoms with Gasteiger partial charge >= 0.3 is 6.09 Å². The van der Waals surface area contributed by atoms with Gasteiger partial charge in [-0.05, 0) is 148 Å². The van der Waals surface area contributed by atoms with Gasteiger partial charge in [0.2, 0.25) is 0 Å². The summed E-state index contributed by atoms with van der Waals surface area (Å²) in [6.07, 6.45) is 12.3. The van der Waals surface area contributed by atoms with Crippen molar-refractivity contribution in [2.45, 2.75) is 139 Å². The summed E-state index contributed by atoms with van der Waals surface area (Å²) in [5, 5.41) is 4.78. The maximum absolute atomic E-state index is 12.5. The minimum absolute atomic E-state index is 0.0910. The molecular weight excluding hydrogens is 795 g/mol. The lowest BCUT2D eigenvalue weighted by atomic mass is 9.85. The predicted molar refractivity (Wildman–Crippen MR) is 226 cm³/mol. The van der Waals surface area contributed by atoms with E-state index in [2.05, 4.69) is 21.2 Å². The summed E-state index contributed by atoms with van der Waals surface area (Å²) in [6.45, 7) is 14.9. The topological polar surface area (TPSA) is 119 Å². The van der Waals surface area contributed by atoms with Gasteiger partial charge < -0.3 is 33.9 Å². The molecular formula is C45H62Cl2N4O8. The normalized spacial score (nSPS) is 22.6. The van der Waals surface area contributed by atoms with E-state index in [1.807, 2.05) is 56.0 Å². The van der Waals surface area contributed by atoms with E-state index in [0.29, 0.717) is 54.8 Å². The molecule has 2 aliphatic carbocycles. The molecule has 2 aromatic rings. The largest absolute Gasteiger partial charge is 0.489 e. The summed E-state index contributed by atoms with van der Waals surface area (Å²) < 4.78 is 28.2. The Bertz CT molecular complexity index is 1780. The van der Waals surface area contributed by atoms with Crippen molar-refractivity contribution in [3.05, 3.63) is 57.6 Å². The molecule has 4 aliphatic heterocycles. The third kappa shape index (κ3) is 11.0. The highest BCUT2D eigenvalue weighted by Gasteiger charge is 2.48. The number of nitrogens with one attached hydrogen (secondary N) is 1. The number of carbonyl (C=O) groups is 3. The van der Waals surface area contributed by atoms with Crippen LogP contribution in [0.4, 0.5) is 4.79 Å². The minimum Gasteiger partial charge on any atom is -0.489 e. The molecule has 2 spiro atoms. The first-order valence-electron chi connectivity index (χ1n) is 21.5. The Morgan fingerprint density at radius 3 is 1.56 bits per heavy atom. The lowest BCUT2D eigenvalue weighted by Crippen LogP contribution is -2.53. The smallest absolute Gasteiger partial charge is 0.410 e. The highest BCUT2D eigenvalue weighted by molar-refractivity contribution is 6.31. The van der Waals surface area contributed by atoms with E-state index in [-0.39, 0.29) is 11.6 Å². The third-order valence-electron chi connectivity index (χ3n) is 13.3. The number of benzene rings is 2. The summed E-state index contributed by atoms with van der Waals surface area (Å²) in [7, 11) is 0. The van der Waals surface area contributed by atoms with Crippen molar-refractivity contribution < 1.29 is 38.1 Å². The van der Waals surface area contributed by atoms with Gasteiger partial charge in [0.05, 0.1) is 0 Å². The summed E-state index contributed by atoms with van der Waals surface area (Å²) >= 11 is 12.5. The van der Waals surface area contributed by atoms with Gasteiger partial charge in [0.1, 0.15) is 41.5 Å². The summed E-state index contributed by atoms with van der Waals surface area (Å²) in [5.74, 6) is 1.56. The van der Waals surface area contributed by atoms with Crippen molar-refractivity contribution in [1.29, 1.82) is 0 Å². The van der Waals surface area contributed by atoms with Crippen molar-refractivity contribution in [3.8, 4) is 11.5 Å². The van der Waals surface area contributed by atoms with Crippen LogP contribution in [0.2, 0.25) is 10.0 Å². The average Bonchev–Trinajstić information content (AvgIpc) is 4.09. The summed E-state index contributed by atoms with van der Waals surface area (Å²) in [5.41, 5.74) is 1.28. The monoisotopic (exact) mass is 856 g/mol. The van der Waals surface area contributed by atoms with E-state index in [1.54, 1.807) is 0 Å². The first kappa shape index (κ1) is 43.8. The first-order chi connectivity index (χ1) is 28.3. The van der Waals surface area contributed by atoms with Gasteiger partial charge in [-0.1, -0.05) is 35.3 Å². The Morgan fingerprint density at radius 1 is 0.678 bits per heavy atom. The van der Waals surface area contributed by atoms with Gasteiger partial charge in [-0.3, -0.25) is 19.4 Å². The fourth-order valence-corrected chi connectivity index (χ4v) is 9.75. The molecule has 6 aliphatic rings. The number of piperidine rings is 2. The number of ether oxygens (including phenoxy) is 5. The molecule has 0 radical (unpaired) electrons. The predicted octanol–water partition coefficient (Wildman–Crippen LogP) is 7.93. The summed E-state index contributed by atoms with van der Waals surface area (Å²) in [4.78, 5) is 41.0. The molecule has 0 atom stereocenters. The zero-order chi connectivity index (χ0) is 41.7. The zero-order valence-corrected chi connectivity index (χ0v) is 36.6. The standard InChI is InChI=1S/C25H35ClN2O5.C20H27ClN2O3/c1-23(2,3)33-22(30)27-13-10-24(11-14-27)7-4-12-28(24)16-19-5-6-20(26)15-21(19)31-17-25(8-9-25)32-18-29;21-17-3-2-16(18(12-17)25-14-20(5-6-20)26-15-24)13-23-11-1-4-19(23)7-9-22-10-8-19/h5-6,15,18H,4,7-14,16-17H2,1-3H3;2-3,12,15,22H,1,4-11,13-14H2. The molecule has 12 nitrogen and oxygen atoms in total. The van der Waals surface area contributed by atoms with Gasteiger partial charge in [0.15, 0.2) is 0 Å². The molecule has 6 fully saturated rings. The van der Waals surface area contributed by atoms with Crippen LogP contribution in [0.3, 0.4) is 0 Å². The quantitative estimate of drug-likeness (QED) is 0.147. The molecule has 1 N–H and O–H groups in total. The maximum Gasteiger partial charge on any atom is 0.410 e. The molecule has 14 heteroatoms. The maximum atomic E-state index is 12.5. The number of carbonyl (C=O) groups excluding carboxylic acids is 3. The van der Waals surface area contributed by atoms with Crippen molar-refractivity contribution >= 4 is 42.2 Å². The number of halogens is 2. The van der Waals surface area contributed by atoms with Gasteiger partial charge in [-0.25, -0.2) is 4.79 Å². The Morgan fingerprint density at radius 2 is 1.14 bits per heavy atom. The number of hydrogen-bond acceptors (Lipinski definition) is 11. The van der Waals surface area contributed by atoms with Gasteiger partial charge in [0, 0.05) is 58.4 Å². The fourth-order valence-electron chi connectivity index (χ4n) is 9.43. The van der Waals surface area contributed by atoms with E-state index < -0.39 is 16.8 Å². The molecule has 8 rings (SSSR count). The molecule has 2 aromatic carbocycles. The lowest BCUT2D eigenvalue weighted by Gasteiger charge is -2.45. The average molecular weight is 858 g/mol.